The van der Waals surface area contributed by atoms with Crippen molar-refractivity contribution in [2.45, 2.75) is 50.6 Å². The summed E-state index contributed by atoms with van der Waals surface area (Å²) < 4.78 is 0. The second-order valence-corrected chi connectivity index (χ2v) is 5.38. The Morgan fingerprint density at radius 3 is 2.38 bits per heavy atom. The molecule has 0 radical (unpaired) electrons. The highest BCUT2D eigenvalue weighted by Crippen LogP contribution is 2.40. The predicted molar refractivity (Wildman–Crippen MR) is 63.7 cm³/mol. The van der Waals surface area contributed by atoms with Crippen molar-refractivity contribution in [1.82, 2.24) is 4.90 Å². The smallest absolute Gasteiger partial charge is 0.239 e. The molecular weight excluding hydrogens is 202 g/mol. The van der Waals surface area contributed by atoms with Crippen LogP contribution in [0, 0.1) is 5.92 Å². The second-order valence-electron chi connectivity index (χ2n) is 5.38. The third kappa shape index (κ3) is 2.38. The van der Waals surface area contributed by atoms with Gasteiger partial charge in [-0.15, -0.1) is 0 Å². The van der Waals surface area contributed by atoms with Crippen molar-refractivity contribution in [2.24, 2.45) is 17.4 Å². The van der Waals surface area contributed by atoms with Crippen LogP contribution in [0.15, 0.2) is 0 Å². The molecule has 92 valence electrons. The summed E-state index contributed by atoms with van der Waals surface area (Å²) in [6.07, 6.45) is 5.73. The van der Waals surface area contributed by atoms with E-state index in [-0.39, 0.29) is 5.91 Å². The van der Waals surface area contributed by atoms with Crippen LogP contribution in [0.25, 0.3) is 0 Å². The normalized spacial score (nSPS) is 24.4. The van der Waals surface area contributed by atoms with Gasteiger partial charge in [-0.3, -0.25) is 9.69 Å². The Morgan fingerprint density at radius 2 is 2.00 bits per heavy atom. The Labute approximate surface area is 97.3 Å². The molecule has 4 nitrogen and oxygen atoms in total. The molecule has 2 rings (SSSR count). The van der Waals surface area contributed by atoms with Crippen molar-refractivity contribution in [1.29, 1.82) is 0 Å². The van der Waals surface area contributed by atoms with Gasteiger partial charge in [-0.05, 0) is 44.6 Å². The Hall–Kier alpha value is -0.610. The van der Waals surface area contributed by atoms with Crippen LogP contribution in [-0.2, 0) is 4.79 Å². The number of hydrogen-bond acceptors (Lipinski definition) is 3. The zero-order valence-corrected chi connectivity index (χ0v) is 10.1. The number of carbonyl (C=O) groups excluding carboxylic acids is 1. The minimum absolute atomic E-state index is 0.322. The van der Waals surface area contributed by atoms with E-state index in [0.717, 1.165) is 25.8 Å². The largest absolute Gasteiger partial charge is 0.368 e. The molecule has 0 spiro atoms. The fourth-order valence-electron chi connectivity index (χ4n) is 2.46. The summed E-state index contributed by atoms with van der Waals surface area (Å²) >= 11 is 0. The van der Waals surface area contributed by atoms with Crippen LogP contribution in [-0.4, -0.2) is 35.5 Å². The van der Waals surface area contributed by atoms with Crippen LogP contribution >= 0.6 is 0 Å². The molecule has 2 saturated carbocycles. The second kappa shape index (κ2) is 4.34. The first kappa shape index (κ1) is 11.9. The molecule has 1 amide bonds. The van der Waals surface area contributed by atoms with E-state index in [2.05, 4.69) is 11.8 Å². The van der Waals surface area contributed by atoms with Crippen LogP contribution in [0.3, 0.4) is 0 Å². The standard InChI is InChI=1S/C12H23N3O/c1-2-7-15(10-5-6-10)8-12(14,11(13)16)9-3-4-9/h9-10H,2-8,14H2,1H3,(H2,13,16). The SMILES string of the molecule is CCCN(CC(N)(C(N)=O)C1CC1)C1CC1. The maximum absolute atomic E-state index is 11.6. The lowest BCUT2D eigenvalue weighted by Gasteiger charge is -2.33. The minimum atomic E-state index is -0.780. The van der Waals surface area contributed by atoms with Crippen molar-refractivity contribution in [3.8, 4) is 0 Å². The van der Waals surface area contributed by atoms with Gasteiger partial charge in [0.1, 0.15) is 5.54 Å². The van der Waals surface area contributed by atoms with Gasteiger partial charge in [0, 0.05) is 12.6 Å². The molecule has 0 aromatic heterocycles. The van der Waals surface area contributed by atoms with Crippen molar-refractivity contribution < 1.29 is 4.79 Å². The number of hydrogen-bond donors (Lipinski definition) is 2. The van der Waals surface area contributed by atoms with E-state index in [0.29, 0.717) is 18.5 Å². The molecule has 0 aromatic carbocycles. The van der Waals surface area contributed by atoms with E-state index in [1.807, 2.05) is 0 Å². The van der Waals surface area contributed by atoms with Gasteiger partial charge in [0.2, 0.25) is 5.91 Å². The zero-order valence-electron chi connectivity index (χ0n) is 10.1. The van der Waals surface area contributed by atoms with Crippen molar-refractivity contribution in [3.05, 3.63) is 0 Å². The number of nitrogens with two attached hydrogens (primary N) is 2. The maximum Gasteiger partial charge on any atom is 0.239 e. The molecule has 2 fully saturated rings. The number of carbonyl (C=O) groups is 1. The number of amides is 1. The summed E-state index contributed by atoms with van der Waals surface area (Å²) in [6, 6.07) is 0.654. The summed E-state index contributed by atoms with van der Waals surface area (Å²) in [5, 5.41) is 0. The Morgan fingerprint density at radius 1 is 1.38 bits per heavy atom. The minimum Gasteiger partial charge on any atom is -0.368 e. The third-order valence-electron chi connectivity index (χ3n) is 3.80. The molecule has 2 aliphatic carbocycles. The lowest BCUT2D eigenvalue weighted by Crippen LogP contribution is -2.61. The van der Waals surface area contributed by atoms with Gasteiger partial charge >= 0.3 is 0 Å². The van der Waals surface area contributed by atoms with Gasteiger partial charge in [0.25, 0.3) is 0 Å². The predicted octanol–water partition coefficient (Wildman–Crippen LogP) is 0.454. The van der Waals surface area contributed by atoms with E-state index in [1.54, 1.807) is 0 Å². The van der Waals surface area contributed by atoms with E-state index in [1.165, 1.54) is 12.8 Å². The zero-order chi connectivity index (χ0) is 11.8. The molecule has 0 saturated heterocycles. The van der Waals surface area contributed by atoms with Crippen LogP contribution in [0.2, 0.25) is 0 Å². The number of primary amides is 1. The fourth-order valence-corrected chi connectivity index (χ4v) is 2.46. The van der Waals surface area contributed by atoms with Crippen LogP contribution in [0.1, 0.15) is 39.0 Å². The van der Waals surface area contributed by atoms with Gasteiger partial charge in [-0.25, -0.2) is 0 Å². The fraction of sp³-hybridized carbons (Fsp3) is 0.917. The molecule has 2 aliphatic rings. The van der Waals surface area contributed by atoms with E-state index in [9.17, 15) is 4.79 Å². The van der Waals surface area contributed by atoms with Crippen LogP contribution in [0.4, 0.5) is 0 Å². The van der Waals surface area contributed by atoms with E-state index >= 15 is 0 Å². The number of nitrogens with zero attached hydrogens (tertiary/aromatic N) is 1. The maximum atomic E-state index is 11.6. The average molecular weight is 225 g/mol. The molecule has 0 heterocycles. The summed E-state index contributed by atoms with van der Waals surface area (Å²) in [5.74, 6) is -0.000130. The highest BCUT2D eigenvalue weighted by atomic mass is 16.1. The highest BCUT2D eigenvalue weighted by molar-refractivity contribution is 5.85. The van der Waals surface area contributed by atoms with Gasteiger partial charge in [-0.1, -0.05) is 6.92 Å². The Balaban J connectivity index is 2.00. The molecule has 1 atom stereocenters. The van der Waals surface area contributed by atoms with Gasteiger partial charge in [-0.2, -0.15) is 0 Å². The molecule has 0 aliphatic heterocycles. The van der Waals surface area contributed by atoms with Crippen molar-refractivity contribution >= 4 is 5.91 Å². The van der Waals surface area contributed by atoms with Crippen LogP contribution in [0.5, 0.6) is 0 Å². The molecular formula is C12H23N3O. The number of rotatable bonds is 7. The first-order chi connectivity index (χ1) is 7.58. The summed E-state index contributed by atoms with van der Waals surface area (Å²) in [7, 11) is 0. The van der Waals surface area contributed by atoms with Gasteiger partial charge in [0.15, 0.2) is 0 Å². The van der Waals surface area contributed by atoms with Gasteiger partial charge in [0.05, 0.1) is 0 Å². The summed E-state index contributed by atoms with van der Waals surface area (Å²) in [4.78, 5) is 13.9. The Kier molecular flexibility index (Phi) is 3.22. The van der Waals surface area contributed by atoms with Crippen molar-refractivity contribution in [2.75, 3.05) is 13.1 Å². The Bertz CT molecular complexity index is 273. The van der Waals surface area contributed by atoms with Crippen molar-refractivity contribution in [3.63, 3.8) is 0 Å². The molecule has 1 unspecified atom stereocenters. The first-order valence-corrected chi connectivity index (χ1v) is 6.40. The first-order valence-electron chi connectivity index (χ1n) is 6.40. The van der Waals surface area contributed by atoms with Crippen LogP contribution < -0.4 is 11.5 Å². The molecule has 4 N–H and O–H groups in total. The highest BCUT2D eigenvalue weighted by Gasteiger charge is 2.49. The average Bonchev–Trinajstić information content (AvgIpc) is 3.05. The monoisotopic (exact) mass is 225 g/mol. The lowest BCUT2D eigenvalue weighted by molar-refractivity contribution is -0.124. The van der Waals surface area contributed by atoms with Gasteiger partial charge < -0.3 is 11.5 Å². The topological polar surface area (TPSA) is 72.3 Å². The van der Waals surface area contributed by atoms with E-state index < -0.39 is 5.54 Å². The van der Waals surface area contributed by atoms with E-state index in [4.69, 9.17) is 11.5 Å². The summed E-state index contributed by atoms with van der Waals surface area (Å²) in [6.45, 7) is 3.85. The molecule has 16 heavy (non-hydrogen) atoms. The quantitative estimate of drug-likeness (QED) is 0.661. The molecule has 0 aromatic rings. The third-order valence-corrected chi connectivity index (χ3v) is 3.80. The summed E-state index contributed by atoms with van der Waals surface area (Å²) in [5.41, 5.74) is 10.9. The molecule has 0 bridgehead atoms. The lowest BCUT2D eigenvalue weighted by atomic mass is 9.92. The molecule has 4 heteroatoms.